The molecular weight excluding hydrogens is 276 g/mol. The molecule has 8 atom stereocenters. The SMILES string of the molecule is C[C@@]12CCCC[C@@H]1[C@@H](O)C[C@H]1[C@H]2[C@H](O)C[C@]2(C)C(=O)CC[C@@H]12. The Kier molecular flexibility index (Phi) is 3.30. The maximum absolute atomic E-state index is 12.4. The lowest BCUT2D eigenvalue weighted by atomic mass is 9.44. The fourth-order valence-corrected chi connectivity index (χ4v) is 7.26. The number of hydrogen-bond acceptors (Lipinski definition) is 3. The van der Waals surface area contributed by atoms with Crippen LogP contribution in [0.3, 0.4) is 0 Å². The lowest BCUT2D eigenvalue weighted by Gasteiger charge is -2.62. The largest absolute Gasteiger partial charge is 0.393 e. The Morgan fingerprint density at radius 2 is 1.82 bits per heavy atom. The molecule has 0 unspecified atom stereocenters. The summed E-state index contributed by atoms with van der Waals surface area (Å²) in [7, 11) is 0. The highest BCUT2D eigenvalue weighted by atomic mass is 16.3. The highest BCUT2D eigenvalue weighted by molar-refractivity contribution is 5.87. The van der Waals surface area contributed by atoms with Crippen molar-refractivity contribution in [3.05, 3.63) is 0 Å². The number of rotatable bonds is 0. The Bertz CT molecular complexity index is 489. The first-order valence-corrected chi connectivity index (χ1v) is 9.27. The zero-order chi connectivity index (χ0) is 15.7. The Morgan fingerprint density at radius 3 is 2.59 bits per heavy atom. The van der Waals surface area contributed by atoms with Gasteiger partial charge in [0.05, 0.1) is 12.2 Å². The molecule has 4 aliphatic rings. The van der Waals surface area contributed by atoms with Gasteiger partial charge in [0.2, 0.25) is 0 Å². The molecule has 0 aromatic rings. The average molecular weight is 306 g/mol. The molecule has 0 aromatic carbocycles. The maximum atomic E-state index is 12.4. The summed E-state index contributed by atoms with van der Waals surface area (Å²) in [6.07, 6.45) is 7.15. The maximum Gasteiger partial charge on any atom is 0.139 e. The molecule has 0 radical (unpaired) electrons. The standard InChI is InChI=1S/C19H30O3/c1-18-8-4-3-5-13(18)14(20)9-11-12-6-7-16(22)19(12,2)10-15(21)17(11)18/h11-15,17,20-21H,3-10H2,1-2H3/t11-,12+,13-,14+,15-,17+,18-,19+/m1/s1. The third kappa shape index (κ3) is 1.78. The number of aliphatic hydroxyl groups excluding tert-OH is 2. The van der Waals surface area contributed by atoms with E-state index in [1.165, 1.54) is 12.8 Å². The third-order valence-corrected chi connectivity index (χ3v) is 8.23. The molecule has 0 spiro atoms. The summed E-state index contributed by atoms with van der Waals surface area (Å²) in [6.45, 7) is 4.40. The average Bonchev–Trinajstić information content (AvgIpc) is 2.74. The molecule has 0 aromatic heterocycles. The first-order chi connectivity index (χ1) is 10.4. The fourth-order valence-electron chi connectivity index (χ4n) is 7.26. The molecule has 0 aliphatic heterocycles. The van der Waals surface area contributed by atoms with Crippen molar-refractivity contribution >= 4 is 5.78 Å². The quantitative estimate of drug-likeness (QED) is 0.723. The van der Waals surface area contributed by atoms with E-state index in [-0.39, 0.29) is 29.0 Å². The molecule has 124 valence electrons. The summed E-state index contributed by atoms with van der Waals surface area (Å²) < 4.78 is 0. The molecule has 0 amide bonds. The smallest absolute Gasteiger partial charge is 0.139 e. The molecule has 0 heterocycles. The van der Waals surface area contributed by atoms with Gasteiger partial charge in [-0.25, -0.2) is 0 Å². The molecule has 0 bridgehead atoms. The summed E-state index contributed by atoms with van der Waals surface area (Å²) in [4.78, 5) is 12.4. The van der Waals surface area contributed by atoms with Gasteiger partial charge in [0.1, 0.15) is 5.78 Å². The molecule has 3 nitrogen and oxygen atoms in total. The normalized spacial score (nSPS) is 57.9. The van der Waals surface area contributed by atoms with Crippen molar-refractivity contribution in [1.82, 2.24) is 0 Å². The molecule has 0 saturated heterocycles. The predicted molar refractivity (Wildman–Crippen MR) is 84.1 cm³/mol. The van der Waals surface area contributed by atoms with Crippen LogP contribution in [0.25, 0.3) is 0 Å². The minimum Gasteiger partial charge on any atom is -0.393 e. The number of hydrogen-bond donors (Lipinski definition) is 2. The highest BCUT2D eigenvalue weighted by Gasteiger charge is 2.64. The number of ketones is 1. The lowest BCUT2D eigenvalue weighted by molar-refractivity contribution is -0.194. The minimum atomic E-state index is -0.369. The first-order valence-electron chi connectivity index (χ1n) is 9.27. The van der Waals surface area contributed by atoms with E-state index < -0.39 is 0 Å². The second-order valence-electron chi connectivity index (χ2n) is 9.11. The van der Waals surface area contributed by atoms with Crippen LogP contribution in [0.15, 0.2) is 0 Å². The van der Waals surface area contributed by atoms with Crippen LogP contribution in [-0.4, -0.2) is 28.2 Å². The second kappa shape index (κ2) is 4.80. The van der Waals surface area contributed by atoms with Crippen molar-refractivity contribution in [1.29, 1.82) is 0 Å². The van der Waals surface area contributed by atoms with E-state index in [1.54, 1.807) is 0 Å². The van der Waals surface area contributed by atoms with Crippen LogP contribution in [0.4, 0.5) is 0 Å². The van der Waals surface area contributed by atoms with E-state index in [9.17, 15) is 15.0 Å². The van der Waals surface area contributed by atoms with Gasteiger partial charge in [-0.3, -0.25) is 4.79 Å². The molecule has 3 heteroatoms. The van der Waals surface area contributed by atoms with Crippen LogP contribution in [0.5, 0.6) is 0 Å². The van der Waals surface area contributed by atoms with E-state index in [1.807, 2.05) is 0 Å². The van der Waals surface area contributed by atoms with Crippen molar-refractivity contribution in [2.45, 2.75) is 77.4 Å². The van der Waals surface area contributed by atoms with Gasteiger partial charge in [0.15, 0.2) is 0 Å². The molecule has 4 aliphatic carbocycles. The molecule has 4 saturated carbocycles. The van der Waals surface area contributed by atoms with Gasteiger partial charge in [-0.05, 0) is 61.2 Å². The van der Waals surface area contributed by atoms with Crippen molar-refractivity contribution in [3.8, 4) is 0 Å². The van der Waals surface area contributed by atoms with Crippen molar-refractivity contribution in [2.75, 3.05) is 0 Å². The van der Waals surface area contributed by atoms with Crippen molar-refractivity contribution in [2.24, 2.45) is 34.5 Å². The topological polar surface area (TPSA) is 57.5 Å². The third-order valence-electron chi connectivity index (χ3n) is 8.23. The predicted octanol–water partition coefficient (Wildman–Crippen LogP) is 2.93. The Labute approximate surface area is 133 Å². The van der Waals surface area contributed by atoms with Crippen LogP contribution < -0.4 is 0 Å². The Morgan fingerprint density at radius 1 is 1.05 bits per heavy atom. The van der Waals surface area contributed by atoms with Crippen molar-refractivity contribution < 1.29 is 15.0 Å². The second-order valence-corrected chi connectivity index (χ2v) is 9.11. The van der Waals surface area contributed by atoms with Gasteiger partial charge < -0.3 is 10.2 Å². The van der Waals surface area contributed by atoms with Crippen LogP contribution in [-0.2, 0) is 4.79 Å². The Hall–Kier alpha value is -0.410. The molecule has 4 fully saturated rings. The van der Waals surface area contributed by atoms with Crippen LogP contribution >= 0.6 is 0 Å². The highest BCUT2D eigenvalue weighted by Crippen LogP contribution is 2.65. The monoisotopic (exact) mass is 306 g/mol. The summed E-state index contributed by atoms with van der Waals surface area (Å²) in [5.41, 5.74) is -0.273. The van der Waals surface area contributed by atoms with Gasteiger partial charge in [-0.15, -0.1) is 0 Å². The number of aliphatic hydroxyl groups is 2. The van der Waals surface area contributed by atoms with Gasteiger partial charge in [-0.2, -0.15) is 0 Å². The first kappa shape index (κ1) is 15.1. The number of carbonyl (C=O) groups is 1. The summed E-state index contributed by atoms with van der Waals surface area (Å²) >= 11 is 0. The lowest BCUT2D eigenvalue weighted by Crippen LogP contribution is -2.61. The van der Waals surface area contributed by atoms with Gasteiger partial charge in [-0.1, -0.05) is 26.7 Å². The zero-order valence-electron chi connectivity index (χ0n) is 13.9. The number of Topliss-reactive ketones (excluding diaryl/α,β-unsaturated/α-hetero) is 1. The number of carbonyl (C=O) groups excluding carboxylic acids is 1. The molecule has 22 heavy (non-hydrogen) atoms. The van der Waals surface area contributed by atoms with Gasteiger partial charge in [0, 0.05) is 11.8 Å². The van der Waals surface area contributed by atoms with Gasteiger partial charge >= 0.3 is 0 Å². The van der Waals surface area contributed by atoms with Crippen LogP contribution in [0, 0.1) is 34.5 Å². The van der Waals surface area contributed by atoms with E-state index in [0.717, 1.165) is 25.7 Å². The summed E-state index contributed by atoms with van der Waals surface area (Å²) in [5, 5.41) is 21.8. The molecular formula is C19H30O3. The van der Waals surface area contributed by atoms with E-state index in [2.05, 4.69) is 13.8 Å². The van der Waals surface area contributed by atoms with Gasteiger partial charge in [0.25, 0.3) is 0 Å². The van der Waals surface area contributed by atoms with Crippen molar-refractivity contribution in [3.63, 3.8) is 0 Å². The minimum absolute atomic E-state index is 0.0625. The molecule has 4 rings (SSSR count). The number of fused-ring (bicyclic) bond motifs is 5. The van der Waals surface area contributed by atoms with Crippen LogP contribution in [0.1, 0.15) is 65.2 Å². The van der Waals surface area contributed by atoms with E-state index in [4.69, 9.17) is 0 Å². The van der Waals surface area contributed by atoms with E-state index in [0.29, 0.717) is 36.4 Å². The van der Waals surface area contributed by atoms with E-state index >= 15 is 0 Å². The Balaban J connectivity index is 1.74. The molecule has 2 N–H and O–H groups in total. The van der Waals surface area contributed by atoms with Crippen LogP contribution in [0.2, 0.25) is 0 Å². The summed E-state index contributed by atoms with van der Waals surface area (Å²) in [5.74, 6) is 1.68. The summed E-state index contributed by atoms with van der Waals surface area (Å²) in [6, 6.07) is 0. The zero-order valence-corrected chi connectivity index (χ0v) is 13.9. The fraction of sp³-hybridized carbons (Fsp3) is 0.947.